The van der Waals surface area contributed by atoms with E-state index in [0.717, 1.165) is 54.1 Å². The molecule has 3 aliphatic heterocycles. The normalized spacial score (nSPS) is 24.9. The molecule has 3 atom stereocenters. The fraction of sp³-hybridized carbons (Fsp3) is 0.581. The summed E-state index contributed by atoms with van der Waals surface area (Å²) in [4.78, 5) is 37.4. The van der Waals surface area contributed by atoms with E-state index in [0.29, 0.717) is 38.4 Å². The summed E-state index contributed by atoms with van der Waals surface area (Å²) in [6.45, 7) is 14.5. The highest BCUT2D eigenvalue weighted by Crippen LogP contribution is 2.40. The summed E-state index contributed by atoms with van der Waals surface area (Å²) in [6.07, 6.45) is 4.16. The van der Waals surface area contributed by atoms with Crippen LogP contribution >= 0.6 is 0 Å². The van der Waals surface area contributed by atoms with Crippen LogP contribution in [0.4, 0.5) is 10.1 Å². The maximum absolute atomic E-state index is 13.9. The molecule has 2 saturated heterocycles. The fourth-order valence-corrected chi connectivity index (χ4v) is 6.39. The van der Waals surface area contributed by atoms with E-state index in [2.05, 4.69) is 37.9 Å². The first-order valence-electron chi connectivity index (χ1n) is 14.3. The second-order valence-corrected chi connectivity index (χ2v) is 12.5. The molecule has 1 N–H and O–H groups in total. The number of anilines is 1. The van der Waals surface area contributed by atoms with Gasteiger partial charge in [0.15, 0.2) is 0 Å². The highest BCUT2D eigenvalue weighted by molar-refractivity contribution is 5.97. The lowest BCUT2D eigenvalue weighted by Crippen LogP contribution is -2.61. The standard InChI is InChI=1S/C31H42FN5O2/c1-6-22-10-29(38)36(16-22)17-26-13-33-21(3)15-35(26)18-30(39)37-19-31(4,5)27-14-34-25(12-28(27)37)11-23-7-8-24(32)9-20(23)2/h7-9,12,14,21-22,26,33H,6,10-11,13,15-19H2,1-5H3/t21-,22?,26-/m1/s1. The Balaban J connectivity index is 1.33. The molecular formula is C31H42FN5O2. The molecule has 4 heterocycles. The fourth-order valence-electron chi connectivity index (χ4n) is 6.39. The van der Waals surface area contributed by atoms with Gasteiger partial charge in [0.05, 0.1) is 12.2 Å². The van der Waals surface area contributed by atoms with Crippen molar-refractivity contribution in [2.24, 2.45) is 5.92 Å². The molecule has 0 bridgehead atoms. The maximum atomic E-state index is 13.9. The minimum Gasteiger partial charge on any atom is -0.341 e. The zero-order valence-electron chi connectivity index (χ0n) is 24.0. The predicted octanol–water partition coefficient (Wildman–Crippen LogP) is 3.66. The van der Waals surface area contributed by atoms with Crippen LogP contribution in [0.3, 0.4) is 0 Å². The minimum atomic E-state index is -0.239. The van der Waals surface area contributed by atoms with Gasteiger partial charge in [-0.25, -0.2) is 4.39 Å². The van der Waals surface area contributed by atoms with Crippen LogP contribution in [0.25, 0.3) is 0 Å². The highest BCUT2D eigenvalue weighted by Gasteiger charge is 2.40. The average Bonchev–Trinajstić information content (AvgIpc) is 3.38. The van der Waals surface area contributed by atoms with Gasteiger partial charge in [-0.15, -0.1) is 0 Å². The van der Waals surface area contributed by atoms with Crippen LogP contribution in [0.5, 0.6) is 0 Å². The van der Waals surface area contributed by atoms with Gasteiger partial charge in [-0.05, 0) is 49.1 Å². The van der Waals surface area contributed by atoms with Gasteiger partial charge in [0.25, 0.3) is 0 Å². The number of likely N-dealkylation sites (tertiary alicyclic amines) is 1. The summed E-state index contributed by atoms with van der Waals surface area (Å²) in [7, 11) is 0. The number of piperazine rings is 1. The Hall–Kier alpha value is -2.84. The van der Waals surface area contributed by atoms with Gasteiger partial charge in [-0.3, -0.25) is 19.5 Å². The Kier molecular flexibility index (Phi) is 7.80. The van der Waals surface area contributed by atoms with Crippen molar-refractivity contribution in [1.29, 1.82) is 0 Å². The van der Waals surface area contributed by atoms with E-state index < -0.39 is 0 Å². The number of benzene rings is 1. The summed E-state index contributed by atoms with van der Waals surface area (Å²) < 4.78 is 13.6. The third-order valence-electron chi connectivity index (χ3n) is 8.86. The predicted molar refractivity (Wildman–Crippen MR) is 151 cm³/mol. The molecule has 2 aromatic rings. The Labute approximate surface area is 231 Å². The number of fused-ring (bicyclic) bond motifs is 1. The highest BCUT2D eigenvalue weighted by atomic mass is 19.1. The third-order valence-corrected chi connectivity index (χ3v) is 8.86. The summed E-state index contributed by atoms with van der Waals surface area (Å²) in [5, 5.41) is 3.55. The molecule has 1 unspecified atom stereocenters. The van der Waals surface area contributed by atoms with E-state index in [1.165, 1.54) is 6.07 Å². The van der Waals surface area contributed by atoms with Gasteiger partial charge in [0.1, 0.15) is 5.82 Å². The number of rotatable bonds is 7. The number of halogens is 1. The molecule has 0 aliphatic carbocycles. The lowest BCUT2D eigenvalue weighted by Gasteiger charge is -2.41. The van der Waals surface area contributed by atoms with Gasteiger partial charge in [-0.2, -0.15) is 0 Å². The van der Waals surface area contributed by atoms with Crippen molar-refractivity contribution < 1.29 is 14.0 Å². The van der Waals surface area contributed by atoms with Crippen LogP contribution in [0.1, 0.15) is 62.9 Å². The summed E-state index contributed by atoms with van der Waals surface area (Å²) in [5.74, 6) is 0.512. The number of pyridine rings is 1. The van der Waals surface area contributed by atoms with Gasteiger partial charge in [0.2, 0.25) is 11.8 Å². The molecule has 0 saturated carbocycles. The summed E-state index contributed by atoms with van der Waals surface area (Å²) in [6, 6.07) is 7.27. The van der Waals surface area contributed by atoms with Crippen molar-refractivity contribution in [2.75, 3.05) is 44.2 Å². The van der Waals surface area contributed by atoms with Gasteiger partial charge in [0, 0.05) is 80.5 Å². The van der Waals surface area contributed by atoms with Crippen molar-refractivity contribution in [3.05, 3.63) is 58.7 Å². The van der Waals surface area contributed by atoms with Gasteiger partial charge >= 0.3 is 0 Å². The number of aryl methyl sites for hydroxylation is 1. The zero-order chi connectivity index (χ0) is 27.9. The maximum Gasteiger partial charge on any atom is 0.241 e. The smallest absolute Gasteiger partial charge is 0.241 e. The van der Waals surface area contributed by atoms with Gasteiger partial charge in [-0.1, -0.05) is 33.3 Å². The van der Waals surface area contributed by atoms with E-state index in [-0.39, 0.29) is 35.1 Å². The SMILES string of the molecule is CCC1CC(=O)N(C[C@H]2CN[C@H](C)CN2CC(=O)N2CC(C)(C)c3cnc(Cc4ccc(F)cc4C)cc32)C1. The quantitative estimate of drug-likeness (QED) is 0.586. The third kappa shape index (κ3) is 5.87. The molecule has 1 aromatic carbocycles. The molecule has 2 fully saturated rings. The zero-order valence-corrected chi connectivity index (χ0v) is 24.0. The molecule has 2 amide bonds. The van der Waals surface area contributed by atoms with Gasteiger partial charge < -0.3 is 15.1 Å². The van der Waals surface area contributed by atoms with Crippen LogP contribution in [0.15, 0.2) is 30.5 Å². The monoisotopic (exact) mass is 535 g/mol. The second kappa shape index (κ2) is 11.0. The van der Waals surface area contributed by atoms with Crippen molar-refractivity contribution in [3.8, 4) is 0 Å². The number of hydrogen-bond donors (Lipinski definition) is 1. The average molecular weight is 536 g/mol. The summed E-state index contributed by atoms with van der Waals surface area (Å²) >= 11 is 0. The number of hydrogen-bond acceptors (Lipinski definition) is 5. The molecule has 39 heavy (non-hydrogen) atoms. The number of nitrogens with zero attached hydrogens (tertiary/aromatic N) is 4. The molecule has 1 aromatic heterocycles. The van der Waals surface area contributed by atoms with Crippen LogP contribution in [-0.2, 0) is 21.4 Å². The van der Waals surface area contributed by atoms with E-state index >= 15 is 0 Å². The molecule has 8 heteroatoms. The molecule has 5 rings (SSSR count). The largest absolute Gasteiger partial charge is 0.341 e. The first kappa shape index (κ1) is 27.7. The summed E-state index contributed by atoms with van der Waals surface area (Å²) in [5.41, 5.74) is 4.59. The van der Waals surface area contributed by atoms with Crippen molar-refractivity contribution in [1.82, 2.24) is 20.1 Å². The number of aromatic nitrogens is 1. The molecule has 7 nitrogen and oxygen atoms in total. The Morgan fingerprint density at radius 3 is 2.74 bits per heavy atom. The second-order valence-electron chi connectivity index (χ2n) is 12.5. The number of nitrogens with one attached hydrogen (secondary N) is 1. The topological polar surface area (TPSA) is 68.8 Å². The lowest BCUT2D eigenvalue weighted by molar-refractivity contribution is -0.128. The van der Waals surface area contributed by atoms with Crippen LogP contribution in [-0.4, -0.2) is 78.0 Å². The Morgan fingerprint density at radius 2 is 2.03 bits per heavy atom. The van der Waals surface area contributed by atoms with Crippen molar-refractivity contribution in [3.63, 3.8) is 0 Å². The minimum absolute atomic E-state index is 0.0789. The van der Waals surface area contributed by atoms with E-state index in [1.54, 1.807) is 6.07 Å². The molecule has 210 valence electrons. The van der Waals surface area contributed by atoms with E-state index in [1.807, 2.05) is 35.1 Å². The molecule has 0 radical (unpaired) electrons. The van der Waals surface area contributed by atoms with E-state index in [4.69, 9.17) is 4.98 Å². The van der Waals surface area contributed by atoms with Crippen LogP contribution < -0.4 is 10.2 Å². The number of carbonyl (C=O) groups is 2. The number of carbonyl (C=O) groups excluding carboxylic acids is 2. The lowest BCUT2D eigenvalue weighted by atomic mass is 9.88. The van der Waals surface area contributed by atoms with Crippen molar-refractivity contribution >= 4 is 17.5 Å². The number of amides is 2. The molecular weight excluding hydrogens is 493 g/mol. The first-order valence-corrected chi connectivity index (χ1v) is 14.3. The van der Waals surface area contributed by atoms with E-state index in [9.17, 15) is 14.0 Å². The molecule has 3 aliphatic rings. The van der Waals surface area contributed by atoms with Crippen LogP contribution in [0, 0.1) is 18.7 Å². The molecule has 0 spiro atoms. The Bertz CT molecular complexity index is 1250. The van der Waals surface area contributed by atoms with Crippen LogP contribution in [0.2, 0.25) is 0 Å². The Morgan fingerprint density at radius 1 is 1.23 bits per heavy atom. The first-order chi connectivity index (χ1) is 18.5. The van der Waals surface area contributed by atoms with Crippen molar-refractivity contribution in [2.45, 2.75) is 71.4 Å².